The standard InChI is InChI=1S/C26H31NO3/c1-20(2)9-7-10-21(3)17-18-30-25(28)16-15-22-11-8-14-24(19-22)27-26(29)23-12-5-4-6-13-23/h4-6,8-9,11-16,19,21H,7,10,17-18H2,1-3H3,(H,27,29). The van der Waals surface area contributed by atoms with Crippen LogP contribution in [0, 0.1) is 5.92 Å². The molecule has 1 unspecified atom stereocenters. The zero-order valence-electron chi connectivity index (χ0n) is 18.1. The van der Waals surface area contributed by atoms with E-state index in [1.54, 1.807) is 18.2 Å². The zero-order chi connectivity index (χ0) is 21.8. The van der Waals surface area contributed by atoms with Crippen LogP contribution in [0.4, 0.5) is 5.69 Å². The van der Waals surface area contributed by atoms with Crippen molar-refractivity contribution < 1.29 is 14.3 Å². The zero-order valence-corrected chi connectivity index (χ0v) is 18.1. The number of nitrogens with one attached hydrogen (secondary N) is 1. The number of allylic oxidation sites excluding steroid dienone is 2. The van der Waals surface area contributed by atoms with Crippen molar-refractivity contribution >= 4 is 23.6 Å². The molecule has 4 nitrogen and oxygen atoms in total. The average molecular weight is 406 g/mol. The maximum Gasteiger partial charge on any atom is 0.330 e. The number of anilines is 1. The fourth-order valence-electron chi connectivity index (χ4n) is 2.89. The van der Waals surface area contributed by atoms with Gasteiger partial charge < -0.3 is 10.1 Å². The molecule has 0 saturated heterocycles. The van der Waals surface area contributed by atoms with Crippen LogP contribution in [-0.4, -0.2) is 18.5 Å². The normalized spacial score (nSPS) is 11.7. The first-order valence-electron chi connectivity index (χ1n) is 10.4. The number of hydrogen-bond donors (Lipinski definition) is 1. The molecule has 0 spiro atoms. The van der Waals surface area contributed by atoms with Gasteiger partial charge in [-0.05, 0) is 74.9 Å². The highest BCUT2D eigenvalue weighted by Gasteiger charge is 2.06. The van der Waals surface area contributed by atoms with E-state index in [0.717, 1.165) is 24.8 Å². The van der Waals surface area contributed by atoms with Crippen LogP contribution in [0.3, 0.4) is 0 Å². The summed E-state index contributed by atoms with van der Waals surface area (Å²) in [6, 6.07) is 16.4. The van der Waals surface area contributed by atoms with Crippen LogP contribution in [0.2, 0.25) is 0 Å². The van der Waals surface area contributed by atoms with Gasteiger partial charge in [0.05, 0.1) is 6.61 Å². The molecule has 1 atom stereocenters. The van der Waals surface area contributed by atoms with Crippen molar-refractivity contribution in [2.75, 3.05) is 11.9 Å². The van der Waals surface area contributed by atoms with Crippen molar-refractivity contribution in [3.63, 3.8) is 0 Å². The molecule has 0 saturated carbocycles. The second kappa shape index (κ2) is 12.4. The minimum absolute atomic E-state index is 0.171. The van der Waals surface area contributed by atoms with Crippen molar-refractivity contribution in [1.29, 1.82) is 0 Å². The molecule has 0 aliphatic rings. The summed E-state index contributed by atoms with van der Waals surface area (Å²) in [5.74, 6) is -0.0117. The summed E-state index contributed by atoms with van der Waals surface area (Å²) in [5.41, 5.74) is 3.41. The molecule has 0 radical (unpaired) electrons. The van der Waals surface area contributed by atoms with E-state index in [4.69, 9.17) is 4.74 Å². The number of rotatable bonds is 10. The first-order valence-corrected chi connectivity index (χ1v) is 10.4. The molecule has 1 amide bonds. The second-order valence-electron chi connectivity index (χ2n) is 7.70. The topological polar surface area (TPSA) is 55.4 Å². The minimum Gasteiger partial charge on any atom is -0.463 e. The fourth-order valence-corrected chi connectivity index (χ4v) is 2.89. The minimum atomic E-state index is -0.356. The Morgan fingerprint density at radius 1 is 1.03 bits per heavy atom. The van der Waals surface area contributed by atoms with E-state index in [1.165, 1.54) is 11.6 Å². The first-order chi connectivity index (χ1) is 14.4. The van der Waals surface area contributed by atoms with Crippen molar-refractivity contribution in [3.05, 3.63) is 83.4 Å². The van der Waals surface area contributed by atoms with Gasteiger partial charge in [-0.15, -0.1) is 0 Å². The highest BCUT2D eigenvalue weighted by Crippen LogP contribution is 2.14. The van der Waals surface area contributed by atoms with Gasteiger partial charge >= 0.3 is 5.97 Å². The highest BCUT2D eigenvalue weighted by atomic mass is 16.5. The summed E-state index contributed by atoms with van der Waals surface area (Å²) < 4.78 is 5.30. The van der Waals surface area contributed by atoms with Crippen LogP contribution in [0.1, 0.15) is 56.0 Å². The molecule has 0 aliphatic carbocycles. The number of ether oxygens (including phenoxy) is 1. The monoisotopic (exact) mass is 405 g/mol. The van der Waals surface area contributed by atoms with Gasteiger partial charge in [-0.3, -0.25) is 4.79 Å². The lowest BCUT2D eigenvalue weighted by Crippen LogP contribution is -2.11. The molecule has 0 fully saturated rings. The molecule has 0 aliphatic heterocycles. The van der Waals surface area contributed by atoms with E-state index in [1.807, 2.05) is 42.5 Å². The van der Waals surface area contributed by atoms with Crippen LogP contribution >= 0.6 is 0 Å². The van der Waals surface area contributed by atoms with Crippen molar-refractivity contribution in [3.8, 4) is 0 Å². The summed E-state index contributed by atoms with van der Waals surface area (Å²) in [6.45, 7) is 6.81. The van der Waals surface area contributed by atoms with Crippen LogP contribution in [0.25, 0.3) is 6.08 Å². The molecule has 2 aromatic rings. The van der Waals surface area contributed by atoms with Crippen molar-refractivity contribution in [1.82, 2.24) is 0 Å². The molecule has 30 heavy (non-hydrogen) atoms. The third-order valence-corrected chi connectivity index (χ3v) is 4.66. The number of esters is 1. The Balaban J connectivity index is 1.79. The maximum absolute atomic E-state index is 12.3. The number of hydrogen-bond acceptors (Lipinski definition) is 3. The molecule has 0 aromatic heterocycles. The maximum atomic E-state index is 12.3. The van der Waals surface area contributed by atoms with Gasteiger partial charge in [0.15, 0.2) is 0 Å². The van der Waals surface area contributed by atoms with Gasteiger partial charge in [0.1, 0.15) is 0 Å². The van der Waals surface area contributed by atoms with Crippen molar-refractivity contribution in [2.45, 2.75) is 40.0 Å². The lowest BCUT2D eigenvalue weighted by Gasteiger charge is -2.09. The summed E-state index contributed by atoms with van der Waals surface area (Å²) in [7, 11) is 0. The summed E-state index contributed by atoms with van der Waals surface area (Å²) in [5, 5.41) is 2.86. The quantitative estimate of drug-likeness (QED) is 0.288. The average Bonchev–Trinajstić information content (AvgIpc) is 2.73. The van der Waals surface area contributed by atoms with E-state index in [2.05, 4.69) is 32.2 Å². The van der Waals surface area contributed by atoms with Gasteiger partial charge in [0.2, 0.25) is 0 Å². The van der Waals surface area contributed by atoms with Crippen molar-refractivity contribution in [2.24, 2.45) is 5.92 Å². The Bertz CT molecular complexity index is 880. The van der Waals surface area contributed by atoms with E-state index >= 15 is 0 Å². The van der Waals surface area contributed by atoms with Gasteiger partial charge in [0, 0.05) is 17.3 Å². The Morgan fingerprint density at radius 3 is 2.53 bits per heavy atom. The van der Waals surface area contributed by atoms with Crippen LogP contribution in [0.15, 0.2) is 72.3 Å². The number of benzene rings is 2. The predicted octanol–water partition coefficient (Wildman–Crippen LogP) is 6.27. The lowest BCUT2D eigenvalue weighted by atomic mass is 10.0. The van der Waals surface area contributed by atoms with Gasteiger partial charge in [-0.1, -0.05) is 48.9 Å². The van der Waals surface area contributed by atoms with Gasteiger partial charge in [-0.2, -0.15) is 0 Å². The van der Waals surface area contributed by atoms with E-state index in [0.29, 0.717) is 23.8 Å². The van der Waals surface area contributed by atoms with Gasteiger partial charge in [-0.25, -0.2) is 4.79 Å². The predicted molar refractivity (Wildman–Crippen MR) is 123 cm³/mol. The molecule has 2 aromatic carbocycles. The molecule has 4 heteroatoms. The third-order valence-electron chi connectivity index (χ3n) is 4.66. The fraction of sp³-hybridized carbons (Fsp3) is 0.308. The first kappa shape index (κ1) is 23.1. The lowest BCUT2D eigenvalue weighted by molar-refractivity contribution is -0.138. The SMILES string of the molecule is CC(C)=CCCC(C)CCOC(=O)C=Cc1cccc(NC(=O)c2ccccc2)c1. The Hall–Kier alpha value is -3.14. The molecular weight excluding hydrogens is 374 g/mol. The summed E-state index contributed by atoms with van der Waals surface area (Å²) >= 11 is 0. The Kier molecular flexibility index (Phi) is 9.59. The molecular formula is C26H31NO3. The Labute approximate surface area is 179 Å². The summed E-state index contributed by atoms with van der Waals surface area (Å²) in [4.78, 5) is 24.2. The molecule has 2 rings (SSSR count). The van der Waals surface area contributed by atoms with E-state index in [-0.39, 0.29) is 11.9 Å². The van der Waals surface area contributed by atoms with Gasteiger partial charge in [0.25, 0.3) is 5.91 Å². The van der Waals surface area contributed by atoms with E-state index < -0.39 is 0 Å². The molecule has 1 N–H and O–H groups in total. The smallest absolute Gasteiger partial charge is 0.330 e. The van der Waals surface area contributed by atoms with E-state index in [9.17, 15) is 9.59 Å². The summed E-state index contributed by atoms with van der Waals surface area (Å²) in [6.07, 6.45) is 8.37. The largest absolute Gasteiger partial charge is 0.463 e. The molecule has 0 heterocycles. The molecule has 0 bridgehead atoms. The third kappa shape index (κ3) is 8.91. The Morgan fingerprint density at radius 2 is 1.80 bits per heavy atom. The highest BCUT2D eigenvalue weighted by molar-refractivity contribution is 6.04. The van der Waals surface area contributed by atoms with Crippen LogP contribution in [-0.2, 0) is 9.53 Å². The molecule has 158 valence electrons. The second-order valence-corrected chi connectivity index (χ2v) is 7.70. The number of carbonyl (C=O) groups excluding carboxylic acids is 2. The van der Waals surface area contributed by atoms with Crippen LogP contribution < -0.4 is 5.32 Å². The number of carbonyl (C=O) groups is 2. The number of amides is 1. The van der Waals surface area contributed by atoms with Crippen LogP contribution in [0.5, 0.6) is 0 Å².